The van der Waals surface area contributed by atoms with Crippen LogP contribution in [0.15, 0.2) is 29.3 Å². The van der Waals surface area contributed by atoms with Gasteiger partial charge in [-0.05, 0) is 37.8 Å². The molecule has 1 aromatic carbocycles. The monoisotopic (exact) mass is 378 g/mol. The topological polar surface area (TPSA) is 56.7 Å². The molecule has 2 rings (SSSR count). The van der Waals surface area contributed by atoms with Gasteiger partial charge < -0.3 is 15.5 Å². The second-order valence-electron chi connectivity index (χ2n) is 7.02. The highest BCUT2D eigenvalue weighted by Gasteiger charge is 2.27. The minimum atomic E-state index is 0.0560. The number of hydrogen-bond donors (Lipinski definition) is 2. The molecule has 1 aromatic rings. The predicted molar refractivity (Wildman–Crippen MR) is 109 cm³/mol. The van der Waals surface area contributed by atoms with E-state index in [1.807, 2.05) is 36.9 Å². The van der Waals surface area contributed by atoms with E-state index in [0.29, 0.717) is 0 Å². The zero-order valence-electron chi connectivity index (χ0n) is 16.1. The fourth-order valence-electron chi connectivity index (χ4n) is 3.12. The molecule has 1 amide bonds. The average molecular weight is 379 g/mol. The van der Waals surface area contributed by atoms with Crippen molar-refractivity contribution in [1.29, 1.82) is 0 Å². The Bertz CT molecular complexity index is 618. The molecule has 0 aromatic heterocycles. The lowest BCUT2D eigenvalue weighted by Gasteiger charge is -2.20. The largest absolute Gasteiger partial charge is 0.357 e. The summed E-state index contributed by atoms with van der Waals surface area (Å²) in [6.07, 6.45) is 2.83. The Morgan fingerprint density at radius 3 is 2.85 bits per heavy atom. The van der Waals surface area contributed by atoms with Gasteiger partial charge in [-0.25, -0.2) is 0 Å². The molecule has 144 valence electrons. The second kappa shape index (κ2) is 10.4. The van der Waals surface area contributed by atoms with E-state index in [-0.39, 0.29) is 17.9 Å². The van der Waals surface area contributed by atoms with Crippen molar-refractivity contribution in [3.63, 3.8) is 0 Å². The van der Waals surface area contributed by atoms with Crippen molar-refractivity contribution in [1.82, 2.24) is 15.5 Å². The van der Waals surface area contributed by atoms with Crippen molar-refractivity contribution in [3.05, 3.63) is 34.9 Å². The molecule has 1 atom stereocenters. The lowest BCUT2D eigenvalue weighted by Crippen LogP contribution is -2.45. The number of guanidine groups is 1. The number of halogens is 1. The number of amides is 1. The number of rotatable bonds is 7. The maximum absolute atomic E-state index is 12.1. The van der Waals surface area contributed by atoms with Gasteiger partial charge in [-0.3, -0.25) is 9.79 Å². The molecule has 1 aliphatic rings. The highest BCUT2D eigenvalue weighted by molar-refractivity contribution is 6.31. The Kier molecular flexibility index (Phi) is 8.23. The average Bonchev–Trinajstić information content (AvgIpc) is 3.07. The minimum absolute atomic E-state index is 0.0560. The highest BCUT2D eigenvalue weighted by atomic mass is 35.5. The summed E-state index contributed by atoms with van der Waals surface area (Å²) in [7, 11) is 0. The van der Waals surface area contributed by atoms with Crippen molar-refractivity contribution in [2.45, 2.75) is 46.1 Å². The summed E-state index contributed by atoms with van der Waals surface area (Å²) < 4.78 is 0. The van der Waals surface area contributed by atoms with E-state index in [0.717, 1.165) is 56.4 Å². The van der Waals surface area contributed by atoms with Crippen LogP contribution in [0.1, 0.15) is 39.2 Å². The normalized spacial score (nSPS) is 17.7. The molecule has 0 radical (unpaired) electrons. The lowest BCUT2D eigenvalue weighted by molar-refractivity contribution is -0.133. The maximum atomic E-state index is 12.1. The molecule has 1 aliphatic heterocycles. The summed E-state index contributed by atoms with van der Waals surface area (Å²) in [5.74, 6) is 1.12. The minimum Gasteiger partial charge on any atom is -0.357 e. The van der Waals surface area contributed by atoms with Crippen LogP contribution in [0.3, 0.4) is 0 Å². The van der Waals surface area contributed by atoms with E-state index >= 15 is 0 Å². The maximum Gasteiger partial charge on any atom is 0.225 e. The van der Waals surface area contributed by atoms with E-state index in [1.165, 1.54) is 5.56 Å². The van der Waals surface area contributed by atoms with Gasteiger partial charge in [-0.15, -0.1) is 0 Å². The van der Waals surface area contributed by atoms with Crippen LogP contribution in [0.4, 0.5) is 0 Å². The molecule has 0 spiro atoms. The number of nitrogens with one attached hydrogen (secondary N) is 2. The van der Waals surface area contributed by atoms with Gasteiger partial charge in [0.15, 0.2) is 5.96 Å². The Morgan fingerprint density at radius 1 is 1.38 bits per heavy atom. The third-order valence-corrected chi connectivity index (χ3v) is 4.88. The molecule has 0 saturated carbocycles. The van der Waals surface area contributed by atoms with Gasteiger partial charge >= 0.3 is 0 Å². The van der Waals surface area contributed by atoms with Gasteiger partial charge in [0.25, 0.3) is 0 Å². The van der Waals surface area contributed by atoms with E-state index in [1.54, 1.807) is 0 Å². The van der Waals surface area contributed by atoms with Crippen molar-refractivity contribution in [3.8, 4) is 0 Å². The first-order chi connectivity index (χ1) is 12.5. The number of hydrogen-bond acceptors (Lipinski definition) is 2. The quantitative estimate of drug-likeness (QED) is 0.435. The van der Waals surface area contributed by atoms with Crippen LogP contribution in [0.5, 0.6) is 0 Å². The highest BCUT2D eigenvalue weighted by Crippen LogP contribution is 2.16. The zero-order chi connectivity index (χ0) is 18.9. The van der Waals surface area contributed by atoms with Crippen molar-refractivity contribution in [2.75, 3.05) is 26.2 Å². The Hall–Kier alpha value is -1.75. The fourth-order valence-corrected chi connectivity index (χ4v) is 3.35. The van der Waals surface area contributed by atoms with Gasteiger partial charge in [-0.2, -0.15) is 0 Å². The third kappa shape index (κ3) is 6.20. The van der Waals surface area contributed by atoms with Crippen LogP contribution in [0, 0.1) is 5.92 Å². The van der Waals surface area contributed by atoms with Crippen LogP contribution < -0.4 is 10.6 Å². The molecule has 6 heteroatoms. The molecule has 1 saturated heterocycles. The fraction of sp³-hybridized carbons (Fsp3) is 0.600. The summed E-state index contributed by atoms with van der Waals surface area (Å²) in [6.45, 7) is 9.09. The molecule has 26 heavy (non-hydrogen) atoms. The molecule has 1 heterocycles. The first-order valence-corrected chi connectivity index (χ1v) is 9.96. The lowest BCUT2D eigenvalue weighted by atomic mass is 10.1. The van der Waals surface area contributed by atoms with Gasteiger partial charge in [0.1, 0.15) is 0 Å². The van der Waals surface area contributed by atoms with Crippen LogP contribution in [0.25, 0.3) is 0 Å². The molecule has 5 nitrogen and oxygen atoms in total. The van der Waals surface area contributed by atoms with Crippen LogP contribution in [-0.4, -0.2) is 49.0 Å². The number of carbonyl (C=O) groups excluding carboxylic acids is 1. The molecule has 0 bridgehead atoms. The van der Waals surface area contributed by atoms with Gasteiger partial charge in [0.05, 0.1) is 0 Å². The number of aliphatic imine (C=N–C) groups is 1. The van der Waals surface area contributed by atoms with E-state index in [4.69, 9.17) is 11.6 Å². The number of benzene rings is 1. The smallest absolute Gasteiger partial charge is 0.225 e. The van der Waals surface area contributed by atoms with Gasteiger partial charge in [0.2, 0.25) is 5.91 Å². The second-order valence-corrected chi connectivity index (χ2v) is 7.43. The molecule has 1 unspecified atom stereocenters. The van der Waals surface area contributed by atoms with Gasteiger partial charge in [0, 0.05) is 43.2 Å². The molecule has 1 fully saturated rings. The summed E-state index contributed by atoms with van der Waals surface area (Å²) in [6, 6.07) is 8.22. The summed E-state index contributed by atoms with van der Waals surface area (Å²) in [5.41, 5.74) is 1.17. The zero-order valence-corrected chi connectivity index (χ0v) is 16.9. The van der Waals surface area contributed by atoms with Crippen molar-refractivity contribution < 1.29 is 4.79 Å². The van der Waals surface area contributed by atoms with Gasteiger partial charge in [-0.1, -0.05) is 43.6 Å². The number of likely N-dealkylation sites (tertiary alicyclic amines) is 1. The Morgan fingerprint density at radius 2 is 2.15 bits per heavy atom. The molecule has 2 N–H and O–H groups in total. The third-order valence-electron chi connectivity index (χ3n) is 4.51. The van der Waals surface area contributed by atoms with Crippen LogP contribution in [-0.2, 0) is 11.2 Å². The standard InChI is InChI=1S/C20H31ClN4O/c1-4-22-20(23-12-7-9-16-8-5-6-10-18(16)21)24-17-11-13-25(14-17)19(26)15(2)3/h5-6,8,10,15,17H,4,7,9,11-14H2,1-3H3,(H2,22,23,24). The number of aryl methyl sites for hydroxylation is 1. The van der Waals surface area contributed by atoms with E-state index in [2.05, 4.69) is 28.6 Å². The Balaban J connectivity index is 1.81. The summed E-state index contributed by atoms with van der Waals surface area (Å²) in [4.78, 5) is 18.7. The molecular weight excluding hydrogens is 348 g/mol. The number of nitrogens with zero attached hydrogens (tertiary/aromatic N) is 2. The van der Waals surface area contributed by atoms with Crippen LogP contribution >= 0.6 is 11.6 Å². The number of carbonyl (C=O) groups is 1. The molecular formula is C20H31ClN4O. The van der Waals surface area contributed by atoms with Crippen molar-refractivity contribution in [2.24, 2.45) is 10.9 Å². The first-order valence-electron chi connectivity index (χ1n) is 9.58. The Labute approximate surface area is 162 Å². The van der Waals surface area contributed by atoms with E-state index in [9.17, 15) is 4.79 Å². The summed E-state index contributed by atoms with van der Waals surface area (Å²) >= 11 is 6.20. The predicted octanol–water partition coefficient (Wildman–Crippen LogP) is 3.08. The molecule has 0 aliphatic carbocycles. The van der Waals surface area contributed by atoms with Crippen molar-refractivity contribution >= 4 is 23.5 Å². The SMILES string of the molecule is CCNC(=NCCCc1ccccc1Cl)NC1CCN(C(=O)C(C)C)C1. The first kappa shape index (κ1) is 20.6. The van der Waals surface area contributed by atoms with E-state index < -0.39 is 0 Å². The van der Waals surface area contributed by atoms with Crippen LogP contribution in [0.2, 0.25) is 5.02 Å². The summed E-state index contributed by atoms with van der Waals surface area (Å²) in [5, 5.41) is 7.59.